The highest BCUT2D eigenvalue weighted by Gasteiger charge is 2.62. The van der Waals surface area contributed by atoms with E-state index in [1.807, 2.05) is 11.1 Å². The molecule has 2 N–H and O–H groups in total. The lowest BCUT2D eigenvalue weighted by atomic mass is 9.69. The van der Waals surface area contributed by atoms with Gasteiger partial charge in [0, 0.05) is 11.6 Å². The Morgan fingerprint density at radius 3 is 2.37 bits per heavy atom. The van der Waals surface area contributed by atoms with Crippen molar-refractivity contribution in [1.29, 1.82) is 0 Å². The summed E-state index contributed by atoms with van der Waals surface area (Å²) in [7, 11) is 0. The first kappa shape index (κ1) is 21.9. The first-order valence-electron chi connectivity index (χ1n) is 15.6. The Labute approximate surface area is 212 Å². The number of fused-ring (bicyclic) bond motifs is 3. The molecule has 0 amide bonds. The average molecular weight is 475 g/mol. The van der Waals surface area contributed by atoms with Crippen molar-refractivity contribution in [3.05, 3.63) is 34.1 Å². The molecule has 0 aromatic heterocycles. The summed E-state index contributed by atoms with van der Waals surface area (Å²) in [4.78, 5) is 0. The molecule has 0 bridgehead atoms. The first-order chi connectivity index (χ1) is 17.4. The van der Waals surface area contributed by atoms with Crippen molar-refractivity contribution in [3.63, 3.8) is 0 Å². The van der Waals surface area contributed by atoms with E-state index in [0.29, 0.717) is 18.6 Å². The second-order valence-electron chi connectivity index (χ2n) is 13.2. The Hall–Kier alpha value is -1.10. The quantitative estimate of drug-likeness (QED) is 0.343. The van der Waals surface area contributed by atoms with Gasteiger partial charge in [0.15, 0.2) is 6.29 Å². The van der Waals surface area contributed by atoms with Gasteiger partial charge in [-0.3, -0.25) is 5.32 Å². The van der Waals surface area contributed by atoms with Gasteiger partial charge in [-0.2, -0.15) is 10.0 Å². The number of allylic oxidation sites excluding steroid dienone is 5. The minimum Gasteiger partial charge on any atom is -0.359 e. The van der Waals surface area contributed by atoms with Gasteiger partial charge in [-0.1, -0.05) is 43.8 Å². The number of nitrogens with one attached hydrogen (secondary N) is 2. The molecule has 3 saturated carbocycles. The molecule has 2 aliphatic heterocycles. The smallest absolute Gasteiger partial charge is 0.150 e. The van der Waals surface area contributed by atoms with Gasteiger partial charge in [0.1, 0.15) is 6.17 Å². The van der Waals surface area contributed by atoms with Crippen LogP contribution in [-0.2, 0) is 0 Å². The van der Waals surface area contributed by atoms with Crippen molar-refractivity contribution in [2.75, 3.05) is 0 Å². The molecule has 6 aliphatic carbocycles. The van der Waals surface area contributed by atoms with Gasteiger partial charge in [-0.15, -0.1) is 0 Å². The van der Waals surface area contributed by atoms with E-state index in [-0.39, 0.29) is 0 Å². The van der Waals surface area contributed by atoms with E-state index < -0.39 is 0 Å². The molecule has 4 nitrogen and oxygen atoms in total. The molecule has 0 radical (unpaired) electrons. The van der Waals surface area contributed by atoms with Crippen LogP contribution in [0.15, 0.2) is 34.1 Å². The van der Waals surface area contributed by atoms with Gasteiger partial charge in [-0.05, 0) is 118 Å². The van der Waals surface area contributed by atoms with E-state index in [9.17, 15) is 0 Å². The normalized spacial score (nSPS) is 45.1. The van der Waals surface area contributed by atoms with Crippen molar-refractivity contribution in [2.24, 2.45) is 23.7 Å². The molecule has 8 aliphatic rings. The summed E-state index contributed by atoms with van der Waals surface area (Å²) in [5.74, 6) is 3.50. The molecule has 0 aromatic carbocycles. The van der Waals surface area contributed by atoms with Crippen molar-refractivity contribution >= 4 is 0 Å². The van der Waals surface area contributed by atoms with Gasteiger partial charge in [0.2, 0.25) is 0 Å². The largest absolute Gasteiger partial charge is 0.359 e. The third-order valence-corrected chi connectivity index (χ3v) is 11.3. The lowest BCUT2D eigenvalue weighted by Crippen LogP contribution is -2.52. The fourth-order valence-corrected chi connectivity index (χ4v) is 9.38. The van der Waals surface area contributed by atoms with Crippen LogP contribution >= 0.6 is 0 Å². The molecule has 35 heavy (non-hydrogen) atoms. The molecule has 4 heteroatoms. The number of hydrogen-bond donors (Lipinski definition) is 2. The number of nitrogens with zero attached hydrogens (tertiary/aromatic N) is 2. The molecular weight excluding hydrogens is 428 g/mol. The van der Waals surface area contributed by atoms with Crippen LogP contribution in [0.4, 0.5) is 0 Å². The molecule has 190 valence electrons. The fourth-order valence-electron chi connectivity index (χ4n) is 9.38. The maximum Gasteiger partial charge on any atom is 0.150 e. The summed E-state index contributed by atoms with van der Waals surface area (Å²) >= 11 is 0. The number of hydrogen-bond acceptors (Lipinski definition) is 4. The summed E-state index contributed by atoms with van der Waals surface area (Å²) in [6.45, 7) is 0. The molecule has 5 fully saturated rings. The highest BCUT2D eigenvalue weighted by Crippen LogP contribution is 2.56. The Balaban J connectivity index is 1.11. The molecular formula is C31H46N4. The van der Waals surface area contributed by atoms with E-state index in [1.165, 1.54) is 116 Å². The van der Waals surface area contributed by atoms with Crippen molar-refractivity contribution < 1.29 is 0 Å². The third-order valence-electron chi connectivity index (χ3n) is 11.3. The minimum absolute atomic E-state index is 0.294. The van der Waals surface area contributed by atoms with Crippen LogP contribution in [0, 0.1) is 23.7 Å². The fraction of sp³-hybridized carbons (Fsp3) is 0.806. The molecule has 0 spiro atoms. The predicted octanol–water partition coefficient (Wildman–Crippen LogP) is 6.69. The first-order valence-corrected chi connectivity index (χ1v) is 15.6. The summed E-state index contributed by atoms with van der Waals surface area (Å²) in [6, 6.07) is 0. The van der Waals surface area contributed by atoms with Crippen LogP contribution < -0.4 is 10.6 Å². The van der Waals surface area contributed by atoms with Crippen LogP contribution in [0.2, 0.25) is 0 Å². The summed E-state index contributed by atoms with van der Waals surface area (Å²) < 4.78 is 0. The van der Waals surface area contributed by atoms with Gasteiger partial charge in [-0.25, -0.2) is 0 Å². The number of hydrazine groups is 1. The summed E-state index contributed by atoms with van der Waals surface area (Å²) in [5, 5.41) is 14.0. The van der Waals surface area contributed by atoms with Crippen LogP contribution in [0.1, 0.15) is 116 Å². The van der Waals surface area contributed by atoms with Gasteiger partial charge >= 0.3 is 0 Å². The zero-order chi connectivity index (χ0) is 22.9. The van der Waals surface area contributed by atoms with Crippen molar-refractivity contribution in [3.8, 4) is 0 Å². The molecule has 8 atom stereocenters. The maximum atomic E-state index is 4.30. The molecule has 8 rings (SSSR count). The van der Waals surface area contributed by atoms with Crippen LogP contribution in [0.25, 0.3) is 0 Å². The summed E-state index contributed by atoms with van der Waals surface area (Å²) in [6.07, 6.45) is 29.3. The molecule has 2 heterocycles. The summed E-state index contributed by atoms with van der Waals surface area (Å²) in [5.41, 5.74) is 8.87. The predicted molar refractivity (Wildman–Crippen MR) is 141 cm³/mol. The Kier molecular flexibility index (Phi) is 5.48. The van der Waals surface area contributed by atoms with Crippen molar-refractivity contribution in [1.82, 2.24) is 20.7 Å². The van der Waals surface area contributed by atoms with Crippen LogP contribution in [-0.4, -0.2) is 28.6 Å². The van der Waals surface area contributed by atoms with Gasteiger partial charge in [0.25, 0.3) is 0 Å². The van der Waals surface area contributed by atoms with E-state index in [1.54, 1.807) is 16.8 Å². The van der Waals surface area contributed by atoms with Crippen LogP contribution in [0.5, 0.6) is 0 Å². The SMILES string of the molecule is C1=C(C2N3C(NC4=C(C5=C6C[C@H]6CC5)CCC5CCCCC45)NC(C4CCCCC4)N23)CCCC1. The molecule has 0 aromatic rings. The third kappa shape index (κ3) is 3.72. The van der Waals surface area contributed by atoms with Gasteiger partial charge in [0.05, 0.1) is 6.17 Å². The second kappa shape index (κ2) is 8.74. The maximum absolute atomic E-state index is 4.30. The lowest BCUT2D eigenvalue weighted by molar-refractivity contribution is 0.187. The highest BCUT2D eigenvalue weighted by atomic mass is 16.0. The lowest BCUT2D eigenvalue weighted by Gasteiger charge is -2.41. The minimum atomic E-state index is 0.294. The highest BCUT2D eigenvalue weighted by molar-refractivity contribution is 5.49. The Bertz CT molecular complexity index is 955. The van der Waals surface area contributed by atoms with E-state index in [2.05, 4.69) is 26.7 Å². The van der Waals surface area contributed by atoms with E-state index >= 15 is 0 Å². The standard InChI is InChI=1S/C31H46N4/c1-3-10-21(11-4-1)29-33-31(35-30(34(29)35)22-12-5-2-6-13-22)32-28-24-14-8-7-9-20(24)15-18-26(28)25-17-16-23-19-27(23)25/h12,20-21,23-24,29-33H,1-11,13-19H2/t20?,23-,24?,29?,30?,31?,34?,35?/m1/s1. The molecule has 2 saturated heterocycles. The number of rotatable bonds is 5. The van der Waals surface area contributed by atoms with Gasteiger partial charge < -0.3 is 5.32 Å². The zero-order valence-electron chi connectivity index (χ0n) is 21.7. The van der Waals surface area contributed by atoms with E-state index in [0.717, 1.165) is 23.7 Å². The second-order valence-corrected chi connectivity index (χ2v) is 13.2. The average Bonchev–Trinajstić information content (AvgIpc) is 3.79. The van der Waals surface area contributed by atoms with Crippen LogP contribution in [0.3, 0.4) is 0 Å². The zero-order valence-corrected chi connectivity index (χ0v) is 21.7. The van der Waals surface area contributed by atoms with Crippen molar-refractivity contribution in [2.45, 2.75) is 134 Å². The van der Waals surface area contributed by atoms with E-state index in [4.69, 9.17) is 0 Å². The monoisotopic (exact) mass is 474 g/mol. The topological polar surface area (TPSA) is 30.1 Å². The molecule has 7 unspecified atom stereocenters. The Morgan fingerprint density at radius 1 is 0.743 bits per heavy atom. The Morgan fingerprint density at radius 2 is 1.57 bits per heavy atom.